The summed E-state index contributed by atoms with van der Waals surface area (Å²) in [4.78, 5) is 12.9. The number of carboxylic acid groups (broad SMARTS) is 1. The van der Waals surface area contributed by atoms with E-state index in [9.17, 15) is 4.79 Å². The monoisotopic (exact) mass is 203 g/mol. The Labute approximate surface area is 85.2 Å². The average Bonchev–Trinajstić information content (AvgIpc) is 2.53. The number of carboxylic acids is 1. The second-order valence-electron chi connectivity index (χ2n) is 3.74. The van der Waals surface area contributed by atoms with Crippen molar-refractivity contribution >= 4 is 5.97 Å². The Bertz CT molecular complexity index is 173. The number of likely N-dealkylation sites (tertiary alicyclic amines) is 1. The SMILES string of the molecule is CCCCCN1CCCC1C(=O)O.O. The van der Waals surface area contributed by atoms with Crippen molar-refractivity contribution in [1.29, 1.82) is 0 Å². The molecule has 1 atom stereocenters. The predicted molar refractivity (Wildman–Crippen MR) is 55.4 cm³/mol. The van der Waals surface area contributed by atoms with Gasteiger partial charge in [-0.3, -0.25) is 9.69 Å². The third-order valence-electron chi connectivity index (χ3n) is 2.70. The minimum absolute atomic E-state index is 0. The Balaban J connectivity index is 0.00000169. The molecule has 14 heavy (non-hydrogen) atoms. The molecule has 1 saturated heterocycles. The second-order valence-corrected chi connectivity index (χ2v) is 3.74. The molecule has 1 aliphatic heterocycles. The topological polar surface area (TPSA) is 72.0 Å². The van der Waals surface area contributed by atoms with Crippen LogP contribution in [0.15, 0.2) is 0 Å². The van der Waals surface area contributed by atoms with E-state index in [4.69, 9.17) is 5.11 Å². The molecule has 0 aromatic rings. The summed E-state index contributed by atoms with van der Waals surface area (Å²) in [5.74, 6) is -0.644. The molecule has 0 radical (unpaired) electrons. The third-order valence-corrected chi connectivity index (χ3v) is 2.70. The summed E-state index contributed by atoms with van der Waals surface area (Å²) < 4.78 is 0. The minimum atomic E-state index is -0.644. The first-order valence-corrected chi connectivity index (χ1v) is 5.22. The molecule has 0 spiro atoms. The predicted octanol–water partition coefficient (Wildman–Crippen LogP) is 0.901. The van der Waals surface area contributed by atoms with Crippen molar-refractivity contribution in [2.45, 2.75) is 45.1 Å². The zero-order valence-electron chi connectivity index (χ0n) is 8.83. The Morgan fingerprint density at radius 3 is 2.79 bits per heavy atom. The number of carbonyl (C=O) groups is 1. The highest BCUT2D eigenvalue weighted by Crippen LogP contribution is 2.17. The molecule has 1 unspecified atom stereocenters. The first kappa shape index (κ1) is 13.4. The summed E-state index contributed by atoms with van der Waals surface area (Å²) in [6, 6.07) is -0.197. The lowest BCUT2D eigenvalue weighted by Crippen LogP contribution is -2.36. The van der Waals surface area contributed by atoms with Crippen LogP contribution in [-0.2, 0) is 4.79 Å². The van der Waals surface area contributed by atoms with Crippen molar-refractivity contribution in [3.63, 3.8) is 0 Å². The van der Waals surface area contributed by atoms with Crippen molar-refractivity contribution in [1.82, 2.24) is 4.90 Å². The molecule has 1 aliphatic rings. The van der Waals surface area contributed by atoms with Crippen molar-refractivity contribution in [2.75, 3.05) is 13.1 Å². The van der Waals surface area contributed by atoms with E-state index in [0.29, 0.717) is 0 Å². The molecule has 0 saturated carbocycles. The number of rotatable bonds is 5. The van der Waals surface area contributed by atoms with Gasteiger partial charge < -0.3 is 10.6 Å². The molecule has 0 aromatic carbocycles. The van der Waals surface area contributed by atoms with Crippen LogP contribution in [0.25, 0.3) is 0 Å². The summed E-state index contributed by atoms with van der Waals surface area (Å²) in [5.41, 5.74) is 0. The average molecular weight is 203 g/mol. The van der Waals surface area contributed by atoms with Gasteiger partial charge in [-0.15, -0.1) is 0 Å². The number of unbranched alkanes of at least 4 members (excludes halogenated alkanes) is 2. The molecule has 84 valence electrons. The standard InChI is InChI=1S/C10H19NO2.H2O/c1-2-3-4-7-11-8-5-6-9(11)10(12)13;/h9H,2-8H2,1H3,(H,12,13);1H2. The Morgan fingerprint density at radius 1 is 1.50 bits per heavy atom. The van der Waals surface area contributed by atoms with Crippen LogP contribution < -0.4 is 0 Å². The fraction of sp³-hybridized carbons (Fsp3) is 0.900. The Kier molecular flexibility index (Phi) is 6.49. The molecule has 0 aliphatic carbocycles. The van der Waals surface area contributed by atoms with E-state index in [1.165, 1.54) is 12.8 Å². The highest BCUT2D eigenvalue weighted by molar-refractivity contribution is 5.73. The van der Waals surface area contributed by atoms with E-state index in [1.54, 1.807) is 0 Å². The van der Waals surface area contributed by atoms with Crippen LogP contribution in [0.4, 0.5) is 0 Å². The zero-order chi connectivity index (χ0) is 9.68. The van der Waals surface area contributed by atoms with Gasteiger partial charge in [0, 0.05) is 0 Å². The summed E-state index contributed by atoms with van der Waals surface area (Å²) in [5, 5.41) is 8.90. The lowest BCUT2D eigenvalue weighted by atomic mass is 10.2. The van der Waals surface area contributed by atoms with Crippen LogP contribution in [0.3, 0.4) is 0 Å². The van der Waals surface area contributed by atoms with Crippen LogP contribution >= 0.6 is 0 Å². The van der Waals surface area contributed by atoms with Gasteiger partial charge in [0.2, 0.25) is 0 Å². The van der Waals surface area contributed by atoms with Gasteiger partial charge in [-0.1, -0.05) is 19.8 Å². The van der Waals surface area contributed by atoms with Gasteiger partial charge in [-0.05, 0) is 32.4 Å². The molecular formula is C10H21NO3. The van der Waals surface area contributed by atoms with Crippen LogP contribution in [0.5, 0.6) is 0 Å². The maximum absolute atomic E-state index is 10.8. The van der Waals surface area contributed by atoms with Crippen LogP contribution in [-0.4, -0.2) is 40.6 Å². The Morgan fingerprint density at radius 2 is 2.21 bits per heavy atom. The van der Waals surface area contributed by atoms with E-state index in [-0.39, 0.29) is 11.5 Å². The molecule has 4 heteroatoms. The quantitative estimate of drug-likeness (QED) is 0.675. The second kappa shape index (κ2) is 6.79. The van der Waals surface area contributed by atoms with Crippen molar-refractivity contribution in [3.05, 3.63) is 0 Å². The third kappa shape index (κ3) is 3.64. The molecule has 0 aromatic heterocycles. The van der Waals surface area contributed by atoms with Gasteiger partial charge in [0.1, 0.15) is 6.04 Å². The molecule has 1 fully saturated rings. The molecule has 4 nitrogen and oxygen atoms in total. The van der Waals surface area contributed by atoms with Crippen molar-refractivity contribution < 1.29 is 15.4 Å². The normalized spacial score (nSPS) is 21.9. The minimum Gasteiger partial charge on any atom is -0.480 e. The Hall–Kier alpha value is -0.610. The fourth-order valence-electron chi connectivity index (χ4n) is 1.94. The molecule has 3 N–H and O–H groups in total. The largest absolute Gasteiger partial charge is 0.480 e. The van der Waals surface area contributed by atoms with E-state index in [1.807, 2.05) is 0 Å². The summed E-state index contributed by atoms with van der Waals surface area (Å²) in [6.07, 6.45) is 5.43. The van der Waals surface area contributed by atoms with Gasteiger partial charge in [-0.2, -0.15) is 0 Å². The van der Waals surface area contributed by atoms with Gasteiger partial charge in [0.05, 0.1) is 0 Å². The molecule has 0 bridgehead atoms. The summed E-state index contributed by atoms with van der Waals surface area (Å²) >= 11 is 0. The molecule has 1 heterocycles. The van der Waals surface area contributed by atoms with Crippen LogP contribution in [0.2, 0.25) is 0 Å². The van der Waals surface area contributed by atoms with Gasteiger partial charge in [0.15, 0.2) is 0 Å². The van der Waals surface area contributed by atoms with E-state index in [0.717, 1.165) is 32.4 Å². The first-order chi connectivity index (χ1) is 6.25. The smallest absolute Gasteiger partial charge is 0.320 e. The van der Waals surface area contributed by atoms with E-state index < -0.39 is 5.97 Å². The number of hydrogen-bond donors (Lipinski definition) is 1. The number of aliphatic carboxylic acids is 1. The van der Waals surface area contributed by atoms with Crippen molar-refractivity contribution in [3.8, 4) is 0 Å². The molecule has 1 rings (SSSR count). The number of hydrogen-bond acceptors (Lipinski definition) is 2. The first-order valence-electron chi connectivity index (χ1n) is 5.22. The van der Waals surface area contributed by atoms with Crippen LogP contribution in [0, 0.1) is 0 Å². The highest BCUT2D eigenvalue weighted by Gasteiger charge is 2.29. The van der Waals surface area contributed by atoms with Gasteiger partial charge in [-0.25, -0.2) is 0 Å². The van der Waals surface area contributed by atoms with Crippen LogP contribution in [0.1, 0.15) is 39.0 Å². The lowest BCUT2D eigenvalue weighted by molar-refractivity contribution is -0.142. The van der Waals surface area contributed by atoms with Gasteiger partial charge >= 0.3 is 5.97 Å². The van der Waals surface area contributed by atoms with E-state index >= 15 is 0 Å². The maximum atomic E-state index is 10.8. The number of nitrogens with zero attached hydrogens (tertiary/aromatic N) is 1. The summed E-state index contributed by atoms with van der Waals surface area (Å²) in [7, 11) is 0. The van der Waals surface area contributed by atoms with Crippen molar-refractivity contribution in [2.24, 2.45) is 0 Å². The molecule has 0 amide bonds. The summed E-state index contributed by atoms with van der Waals surface area (Å²) in [6.45, 7) is 4.10. The highest BCUT2D eigenvalue weighted by atomic mass is 16.4. The van der Waals surface area contributed by atoms with Gasteiger partial charge in [0.25, 0.3) is 0 Å². The zero-order valence-corrected chi connectivity index (χ0v) is 8.83. The fourth-order valence-corrected chi connectivity index (χ4v) is 1.94. The van der Waals surface area contributed by atoms with E-state index in [2.05, 4.69) is 11.8 Å². The molecular weight excluding hydrogens is 182 g/mol. The lowest BCUT2D eigenvalue weighted by Gasteiger charge is -2.20. The maximum Gasteiger partial charge on any atom is 0.320 e.